The van der Waals surface area contributed by atoms with E-state index in [-0.39, 0.29) is 107 Å². The molecule has 0 aromatic rings. The van der Waals surface area contributed by atoms with Crippen LogP contribution in [0.1, 0.15) is 13.8 Å². The van der Waals surface area contributed by atoms with Crippen LogP contribution >= 0.6 is 31.9 Å². The summed E-state index contributed by atoms with van der Waals surface area (Å²) in [5, 5.41) is 0. The predicted octanol–water partition coefficient (Wildman–Crippen LogP) is 1.95. The minimum Gasteiger partial charge on any atom is -0.469 e. The average Bonchev–Trinajstić information content (AvgIpc) is 3.67. The molecule has 0 saturated heterocycles. The van der Waals surface area contributed by atoms with E-state index in [1.54, 1.807) is 0 Å². The molecule has 0 spiro atoms. The molecule has 20 unspecified atom stereocenters. The minimum absolute atomic E-state index is 0.000361. The summed E-state index contributed by atoms with van der Waals surface area (Å²) in [6.45, 7) is 2.97. The van der Waals surface area contributed by atoms with E-state index in [0.717, 1.165) is 0 Å². The molecule has 0 radical (unpaired) electrons. The topological polar surface area (TPSA) is 105 Å². The highest BCUT2D eigenvalue weighted by Crippen LogP contribution is 3.10. The van der Waals surface area contributed by atoms with Crippen molar-refractivity contribution in [2.45, 2.75) is 33.7 Å². The van der Waals surface area contributed by atoms with Gasteiger partial charge in [-0.1, -0.05) is 31.9 Å². The predicted molar refractivity (Wildman–Crippen MR) is 130 cm³/mol. The number of carbonyl (C=O) groups is 4. The molecule has 12 saturated carbocycles. The van der Waals surface area contributed by atoms with Crippen molar-refractivity contribution in [3.63, 3.8) is 0 Å². The van der Waals surface area contributed by atoms with E-state index < -0.39 is 30.7 Å². The Bertz CT molecular complexity index is 1340. The van der Waals surface area contributed by atoms with Gasteiger partial charge < -0.3 is 18.9 Å². The molecule has 38 heavy (non-hydrogen) atoms. The van der Waals surface area contributed by atoms with Gasteiger partial charge in [0.25, 0.3) is 0 Å². The lowest BCUT2D eigenvalue weighted by molar-refractivity contribution is -0.182. The lowest BCUT2D eigenvalue weighted by Gasteiger charge is -2.49. The molecule has 12 fully saturated rings. The van der Waals surface area contributed by atoms with Gasteiger partial charge in [0.2, 0.25) is 0 Å². The average molecular weight is 650 g/mol. The van der Waals surface area contributed by atoms with Crippen LogP contribution in [-0.2, 0) is 38.1 Å². The lowest BCUT2D eigenvalue weighted by atomic mass is 9.63. The minimum atomic E-state index is -0.848. The fourth-order valence-corrected chi connectivity index (χ4v) is 21.1. The SMILES string of the molecule is COC(=O)C12C3C4C5C6C7C8C5C5(OC(C)=O)C9C(C%10C(C89C(=O)OC)C7(Br)C(OC(C)=O)(C63)C%101)C2C45Br. The molecule has 12 aliphatic rings. The molecule has 12 rings (SSSR count). The quantitative estimate of drug-likeness (QED) is 0.259. The smallest absolute Gasteiger partial charge is 0.312 e. The van der Waals surface area contributed by atoms with Crippen molar-refractivity contribution in [2.75, 3.05) is 14.2 Å². The third-order valence-electron chi connectivity index (χ3n) is 15.5. The van der Waals surface area contributed by atoms with Crippen molar-refractivity contribution in [2.24, 2.45) is 93.7 Å². The van der Waals surface area contributed by atoms with E-state index in [1.165, 1.54) is 28.1 Å². The van der Waals surface area contributed by atoms with E-state index in [2.05, 4.69) is 31.9 Å². The van der Waals surface area contributed by atoms with E-state index in [9.17, 15) is 19.2 Å². The van der Waals surface area contributed by atoms with Crippen molar-refractivity contribution in [3.8, 4) is 0 Å². The first kappa shape index (κ1) is 21.6. The van der Waals surface area contributed by atoms with Gasteiger partial charge in [-0.2, -0.15) is 0 Å². The Balaban J connectivity index is 1.36. The highest BCUT2D eigenvalue weighted by atomic mass is 79.9. The van der Waals surface area contributed by atoms with Crippen LogP contribution in [0.25, 0.3) is 0 Å². The molecule has 0 bridgehead atoms. The number of ether oxygens (including phenoxy) is 4. The summed E-state index contributed by atoms with van der Waals surface area (Å²) in [6, 6.07) is 0. The summed E-state index contributed by atoms with van der Waals surface area (Å²) >= 11 is 8.71. The number of esters is 4. The zero-order valence-corrected chi connectivity index (χ0v) is 24.3. The second kappa shape index (κ2) is 5.05. The molecule has 12 aliphatic carbocycles. The van der Waals surface area contributed by atoms with Crippen LogP contribution in [0, 0.1) is 93.7 Å². The number of hydrogen-bond donors (Lipinski definition) is 0. The van der Waals surface area contributed by atoms with Crippen molar-refractivity contribution in [1.29, 1.82) is 0 Å². The van der Waals surface area contributed by atoms with E-state index in [0.29, 0.717) is 0 Å². The Morgan fingerprint density at radius 1 is 0.553 bits per heavy atom. The summed E-state index contributed by atoms with van der Waals surface area (Å²) in [6.07, 6.45) is 0. The van der Waals surface area contributed by atoms with Gasteiger partial charge in [0.05, 0.1) is 33.7 Å². The maximum absolute atomic E-state index is 14.4. The van der Waals surface area contributed by atoms with Gasteiger partial charge in [0.1, 0.15) is 11.2 Å². The number of hydrogen-bond acceptors (Lipinski definition) is 8. The third kappa shape index (κ3) is 1.19. The summed E-state index contributed by atoms with van der Waals surface area (Å²) < 4.78 is 23.6. The summed E-state index contributed by atoms with van der Waals surface area (Å²) in [7, 11) is 2.95. The van der Waals surface area contributed by atoms with Gasteiger partial charge in [0.15, 0.2) is 0 Å². The molecule has 0 aromatic carbocycles. The third-order valence-corrected chi connectivity index (χ3v) is 18.8. The zero-order chi connectivity index (χ0) is 26.2. The number of rotatable bonds is 4. The van der Waals surface area contributed by atoms with Crippen LogP contribution in [0.3, 0.4) is 0 Å². The standard InChI is InChI=1S/C28H26Br2O8/c1-5(31)37-27-13-7-8-12-15(13)23(21(33)35-3)18-10-9(19(23)27)17-24(22(34)36-4)16(11(7)25(17,27)29)14(8)28(20(10)24,26(12,18)30)38-6(2)32/h7-20H,1-4H3. The first-order valence-electron chi connectivity index (χ1n) is 13.9. The Morgan fingerprint density at radius 2 is 0.921 bits per heavy atom. The van der Waals surface area contributed by atoms with E-state index in [4.69, 9.17) is 18.9 Å². The van der Waals surface area contributed by atoms with Crippen molar-refractivity contribution < 1.29 is 38.1 Å². The van der Waals surface area contributed by atoms with Crippen molar-refractivity contribution >= 4 is 55.7 Å². The molecular weight excluding hydrogens is 624 g/mol. The molecule has 20 atom stereocenters. The number of halogens is 2. The second-order valence-electron chi connectivity index (χ2n) is 14.5. The molecule has 0 heterocycles. The van der Waals surface area contributed by atoms with Gasteiger partial charge in [-0.15, -0.1) is 0 Å². The van der Waals surface area contributed by atoms with Crippen LogP contribution in [0.2, 0.25) is 0 Å². The molecule has 0 aromatic heterocycles. The molecule has 10 heteroatoms. The Labute approximate surface area is 234 Å². The number of methoxy groups -OCH3 is 2. The Morgan fingerprint density at radius 3 is 1.24 bits per heavy atom. The van der Waals surface area contributed by atoms with Crippen LogP contribution in [0.4, 0.5) is 0 Å². The molecule has 0 N–H and O–H groups in total. The fraction of sp³-hybridized carbons (Fsp3) is 0.857. The van der Waals surface area contributed by atoms with Crippen LogP contribution in [-0.4, -0.2) is 57.9 Å². The molecule has 8 nitrogen and oxygen atoms in total. The number of alkyl halides is 2. The van der Waals surface area contributed by atoms with Gasteiger partial charge in [-0.3, -0.25) is 19.2 Å². The normalized spacial score (nSPS) is 73.5. The summed E-state index contributed by atoms with van der Waals surface area (Å²) in [5.74, 6) is -1.20. The maximum Gasteiger partial charge on any atom is 0.312 e. The highest BCUT2D eigenvalue weighted by Gasteiger charge is 3.17. The van der Waals surface area contributed by atoms with Crippen LogP contribution in [0.15, 0.2) is 0 Å². The molecule has 0 aliphatic heterocycles. The first-order valence-corrected chi connectivity index (χ1v) is 15.5. The summed E-state index contributed by atoms with van der Waals surface area (Å²) in [4.78, 5) is 54.7. The number of carbonyl (C=O) groups excluding carboxylic acids is 4. The maximum atomic E-state index is 14.4. The van der Waals surface area contributed by atoms with Crippen LogP contribution in [0.5, 0.6) is 0 Å². The monoisotopic (exact) mass is 648 g/mol. The van der Waals surface area contributed by atoms with E-state index in [1.807, 2.05) is 0 Å². The summed E-state index contributed by atoms with van der Waals surface area (Å²) in [5.41, 5.74) is -3.36. The highest BCUT2D eigenvalue weighted by molar-refractivity contribution is 9.10. The largest absolute Gasteiger partial charge is 0.469 e. The Hall–Kier alpha value is -1.16. The first-order chi connectivity index (χ1) is 18.0. The van der Waals surface area contributed by atoms with Gasteiger partial charge in [-0.25, -0.2) is 0 Å². The molecule has 0 amide bonds. The molecule has 200 valence electrons. The van der Waals surface area contributed by atoms with E-state index >= 15 is 0 Å². The van der Waals surface area contributed by atoms with Crippen molar-refractivity contribution in [3.05, 3.63) is 0 Å². The zero-order valence-electron chi connectivity index (χ0n) is 21.1. The van der Waals surface area contributed by atoms with Gasteiger partial charge >= 0.3 is 23.9 Å². The van der Waals surface area contributed by atoms with Gasteiger partial charge in [-0.05, 0) is 59.2 Å². The van der Waals surface area contributed by atoms with Gasteiger partial charge in [0, 0.05) is 37.5 Å². The molecular formula is C28H26Br2O8. The fourth-order valence-electron chi connectivity index (χ4n) is 17.3. The van der Waals surface area contributed by atoms with Crippen LogP contribution < -0.4 is 0 Å². The Kier molecular flexibility index (Phi) is 2.86. The lowest BCUT2D eigenvalue weighted by Crippen LogP contribution is -2.62. The van der Waals surface area contributed by atoms with Crippen molar-refractivity contribution in [1.82, 2.24) is 0 Å². The second-order valence-corrected chi connectivity index (χ2v) is 17.2.